The number of carbonyl (C=O) groups excluding carboxylic acids is 1. The van der Waals surface area contributed by atoms with Gasteiger partial charge in [0.25, 0.3) is 0 Å². The van der Waals surface area contributed by atoms with E-state index in [2.05, 4.69) is 15.3 Å². The number of nitrogens with one attached hydrogen (secondary N) is 1. The number of halogens is 2. The van der Waals surface area contributed by atoms with Gasteiger partial charge in [-0.05, 0) is 74.6 Å². The molecule has 2 aliphatic heterocycles. The Balaban J connectivity index is 1.33. The van der Waals surface area contributed by atoms with E-state index in [0.717, 1.165) is 17.2 Å². The first kappa shape index (κ1) is 35.1. The number of amides is 1. The highest BCUT2D eigenvalue weighted by Crippen LogP contribution is 2.55. The van der Waals surface area contributed by atoms with E-state index in [0.29, 0.717) is 49.2 Å². The molecule has 2 aromatic heterocycles. The smallest absolute Gasteiger partial charge is 0.410 e. The SMILES string of the molecule is CC(C)(C)OC(=O)N1CCC2(CC1)CNC2c1c(-c2cccnc2OCc2ccccc2)c(F)cc(F)c1-c1cccnc1OCc1ccccc1. The summed E-state index contributed by atoms with van der Waals surface area (Å²) in [5, 5.41) is 3.54. The Morgan fingerprint density at radius 2 is 1.29 bits per heavy atom. The molecule has 8 nitrogen and oxygen atoms in total. The number of hydrogen-bond acceptors (Lipinski definition) is 7. The quantitative estimate of drug-likeness (QED) is 0.164. The summed E-state index contributed by atoms with van der Waals surface area (Å²) in [7, 11) is 0. The van der Waals surface area contributed by atoms with Gasteiger partial charge < -0.3 is 24.4 Å². The topological polar surface area (TPSA) is 85.8 Å². The van der Waals surface area contributed by atoms with Crippen molar-refractivity contribution in [2.24, 2.45) is 5.41 Å². The Morgan fingerprint density at radius 1 is 0.788 bits per heavy atom. The summed E-state index contributed by atoms with van der Waals surface area (Å²) in [4.78, 5) is 23.8. The third kappa shape index (κ3) is 7.34. The monoisotopic (exact) mass is 704 g/mol. The normalized spacial score (nSPS) is 16.6. The second kappa shape index (κ2) is 14.7. The van der Waals surface area contributed by atoms with Crippen LogP contribution in [0.25, 0.3) is 22.3 Å². The number of ether oxygens (including phenoxy) is 3. The van der Waals surface area contributed by atoms with E-state index in [1.807, 2.05) is 81.4 Å². The second-order valence-corrected chi connectivity index (χ2v) is 14.4. The van der Waals surface area contributed by atoms with Gasteiger partial charge in [-0.15, -0.1) is 0 Å². The average molecular weight is 705 g/mol. The van der Waals surface area contributed by atoms with E-state index in [-0.39, 0.29) is 42.2 Å². The highest BCUT2D eigenvalue weighted by Gasteiger charge is 2.52. The predicted octanol–water partition coefficient (Wildman–Crippen LogP) is 8.91. The molecule has 268 valence electrons. The van der Waals surface area contributed by atoms with Crippen LogP contribution >= 0.6 is 0 Å². The summed E-state index contributed by atoms with van der Waals surface area (Å²) in [6.45, 7) is 7.47. The summed E-state index contributed by atoms with van der Waals surface area (Å²) in [5.74, 6) is -1.02. The Kier molecular flexibility index (Phi) is 9.92. The van der Waals surface area contributed by atoms with Gasteiger partial charge in [-0.3, -0.25) is 0 Å². The third-order valence-corrected chi connectivity index (χ3v) is 9.76. The molecule has 1 N–H and O–H groups in total. The van der Waals surface area contributed by atoms with Crippen molar-refractivity contribution in [3.63, 3.8) is 0 Å². The molecule has 7 rings (SSSR count). The van der Waals surface area contributed by atoms with Crippen LogP contribution in [0.1, 0.15) is 56.3 Å². The first-order valence-corrected chi connectivity index (χ1v) is 17.6. The van der Waals surface area contributed by atoms with Crippen LogP contribution in [0.3, 0.4) is 0 Å². The fraction of sp³-hybridized carbons (Fsp3) is 0.310. The first-order valence-electron chi connectivity index (χ1n) is 17.6. The average Bonchev–Trinajstić information content (AvgIpc) is 3.13. The van der Waals surface area contributed by atoms with Crippen molar-refractivity contribution in [1.82, 2.24) is 20.2 Å². The molecular weight excluding hydrogens is 662 g/mol. The van der Waals surface area contributed by atoms with Crippen LogP contribution < -0.4 is 14.8 Å². The lowest BCUT2D eigenvalue weighted by Gasteiger charge is -2.55. The van der Waals surface area contributed by atoms with Crippen LogP contribution in [-0.2, 0) is 18.0 Å². The maximum atomic E-state index is 16.6. The molecule has 2 fully saturated rings. The number of pyridine rings is 2. The minimum absolute atomic E-state index is 0.191. The molecule has 2 saturated heterocycles. The van der Waals surface area contributed by atoms with Crippen LogP contribution in [0.5, 0.6) is 11.8 Å². The number of nitrogens with zero attached hydrogens (tertiary/aromatic N) is 3. The fourth-order valence-corrected chi connectivity index (χ4v) is 7.15. The van der Waals surface area contributed by atoms with Gasteiger partial charge in [0.15, 0.2) is 0 Å². The molecule has 10 heteroatoms. The number of carbonyl (C=O) groups is 1. The highest BCUT2D eigenvalue weighted by molar-refractivity contribution is 5.84. The summed E-state index contributed by atoms with van der Waals surface area (Å²) in [6.07, 6.45) is 4.04. The minimum atomic E-state index is -0.737. The molecule has 0 bridgehead atoms. The van der Waals surface area contributed by atoms with Crippen LogP contribution in [0.2, 0.25) is 0 Å². The molecule has 1 unspecified atom stereocenters. The summed E-state index contributed by atoms with van der Waals surface area (Å²) < 4.78 is 51.4. The molecule has 3 aromatic carbocycles. The van der Waals surface area contributed by atoms with Crippen molar-refractivity contribution in [2.45, 2.75) is 58.5 Å². The molecule has 5 aromatic rings. The number of piperidine rings is 1. The van der Waals surface area contributed by atoms with Crippen LogP contribution in [0.4, 0.5) is 13.6 Å². The number of hydrogen-bond donors (Lipinski definition) is 1. The zero-order valence-corrected chi connectivity index (χ0v) is 29.6. The lowest BCUT2D eigenvalue weighted by molar-refractivity contribution is -0.0179. The zero-order chi connectivity index (χ0) is 36.3. The Hall–Kier alpha value is -5.35. The summed E-state index contributed by atoms with van der Waals surface area (Å²) in [5.41, 5.74) is 2.44. The van der Waals surface area contributed by atoms with Crippen LogP contribution in [0, 0.1) is 17.0 Å². The van der Waals surface area contributed by atoms with E-state index in [9.17, 15) is 4.79 Å². The Bertz CT molecular complexity index is 1920. The van der Waals surface area contributed by atoms with Gasteiger partial charge in [-0.2, -0.15) is 0 Å². The molecule has 0 saturated carbocycles. The van der Waals surface area contributed by atoms with Gasteiger partial charge in [-0.25, -0.2) is 23.5 Å². The van der Waals surface area contributed by atoms with Crippen molar-refractivity contribution in [3.05, 3.63) is 132 Å². The standard InChI is InChI=1S/C42H42F2N4O4/c1-41(2,3)52-40(49)48-22-18-42(19-23-48)27-47-37(42)36-34(30-16-10-20-45-38(30)50-25-28-12-6-4-7-13-28)32(43)24-33(44)35(36)31-17-11-21-46-39(31)51-26-29-14-8-5-9-15-29/h4-17,20-21,24,37,47H,18-19,22-23,25-27H2,1-3H3. The Morgan fingerprint density at radius 3 is 1.73 bits per heavy atom. The largest absolute Gasteiger partial charge is 0.472 e. The maximum absolute atomic E-state index is 16.6. The van der Waals surface area contributed by atoms with E-state index >= 15 is 8.78 Å². The van der Waals surface area contributed by atoms with Crippen LogP contribution in [-0.4, -0.2) is 46.2 Å². The number of rotatable bonds is 9. The minimum Gasteiger partial charge on any atom is -0.472 e. The van der Waals surface area contributed by atoms with Crippen molar-refractivity contribution in [2.75, 3.05) is 19.6 Å². The van der Waals surface area contributed by atoms with Crippen molar-refractivity contribution < 1.29 is 27.8 Å². The van der Waals surface area contributed by atoms with Crippen LogP contribution in [0.15, 0.2) is 103 Å². The number of benzene rings is 3. The lowest BCUT2D eigenvalue weighted by atomic mass is 9.63. The molecule has 0 aliphatic carbocycles. The Labute approximate surface area is 302 Å². The van der Waals surface area contributed by atoms with Gasteiger partial charge in [0.05, 0.1) is 0 Å². The molecule has 1 amide bonds. The van der Waals surface area contributed by atoms with E-state index < -0.39 is 28.7 Å². The molecule has 1 spiro atoms. The number of likely N-dealkylation sites (tertiary alicyclic amines) is 1. The summed E-state index contributed by atoms with van der Waals surface area (Å²) >= 11 is 0. The molecule has 52 heavy (non-hydrogen) atoms. The second-order valence-electron chi connectivity index (χ2n) is 14.4. The third-order valence-electron chi connectivity index (χ3n) is 9.76. The molecule has 1 atom stereocenters. The number of aromatic nitrogens is 2. The zero-order valence-electron chi connectivity index (χ0n) is 29.6. The van der Waals surface area contributed by atoms with Gasteiger partial charge >= 0.3 is 6.09 Å². The highest BCUT2D eigenvalue weighted by atomic mass is 19.1. The van der Waals surface area contributed by atoms with E-state index in [4.69, 9.17) is 14.2 Å². The first-order chi connectivity index (χ1) is 25.1. The lowest BCUT2D eigenvalue weighted by Crippen LogP contribution is -2.61. The fourth-order valence-electron chi connectivity index (χ4n) is 7.15. The van der Waals surface area contributed by atoms with Gasteiger partial charge in [0, 0.05) is 71.8 Å². The summed E-state index contributed by atoms with van der Waals surface area (Å²) in [6, 6.07) is 26.7. The van der Waals surface area contributed by atoms with Gasteiger partial charge in [-0.1, -0.05) is 60.7 Å². The van der Waals surface area contributed by atoms with Crippen molar-refractivity contribution in [1.29, 1.82) is 0 Å². The molecule has 0 radical (unpaired) electrons. The molecular formula is C42H42F2N4O4. The molecule has 4 heterocycles. The predicted molar refractivity (Wildman–Crippen MR) is 195 cm³/mol. The molecule has 2 aliphatic rings. The van der Waals surface area contributed by atoms with Crippen molar-refractivity contribution in [3.8, 4) is 34.0 Å². The maximum Gasteiger partial charge on any atom is 0.410 e. The van der Waals surface area contributed by atoms with Gasteiger partial charge in [0.2, 0.25) is 11.8 Å². The van der Waals surface area contributed by atoms with Gasteiger partial charge in [0.1, 0.15) is 30.4 Å². The van der Waals surface area contributed by atoms with E-state index in [1.165, 1.54) is 0 Å². The van der Waals surface area contributed by atoms with Crippen molar-refractivity contribution >= 4 is 6.09 Å². The van der Waals surface area contributed by atoms with E-state index in [1.54, 1.807) is 41.6 Å².